The van der Waals surface area contributed by atoms with E-state index in [2.05, 4.69) is 15.9 Å². The molecule has 0 aromatic heterocycles. The molecule has 0 aliphatic carbocycles. The molecule has 5 heteroatoms. The number of rotatable bonds is 3. The van der Waals surface area contributed by atoms with Gasteiger partial charge in [0.1, 0.15) is 17.4 Å². The average Bonchev–Trinajstić information content (AvgIpc) is 2.28. The van der Waals surface area contributed by atoms with Gasteiger partial charge in [0.2, 0.25) is 0 Å². The van der Waals surface area contributed by atoms with E-state index < -0.39 is 5.97 Å². The molecule has 0 spiro atoms. The Morgan fingerprint density at radius 3 is 2.75 bits per heavy atom. The molecule has 0 fully saturated rings. The minimum Gasteiger partial charge on any atom is -0.496 e. The zero-order valence-corrected chi connectivity index (χ0v) is 10.5. The van der Waals surface area contributed by atoms with Crippen LogP contribution >= 0.6 is 15.9 Å². The van der Waals surface area contributed by atoms with Gasteiger partial charge in [0.15, 0.2) is 0 Å². The van der Waals surface area contributed by atoms with Crippen molar-refractivity contribution in [3.63, 3.8) is 0 Å². The molecule has 0 saturated carbocycles. The molecule has 0 saturated heterocycles. The third kappa shape index (κ3) is 2.34. The number of esters is 1. The Morgan fingerprint density at radius 1 is 1.56 bits per heavy atom. The lowest BCUT2D eigenvalue weighted by atomic mass is 10.1. The number of nitriles is 1. The second-order valence-electron chi connectivity index (χ2n) is 2.84. The van der Waals surface area contributed by atoms with Gasteiger partial charge in [0, 0.05) is 0 Å². The van der Waals surface area contributed by atoms with Gasteiger partial charge in [-0.25, -0.2) is 4.79 Å². The number of methoxy groups -OCH3 is 1. The summed E-state index contributed by atoms with van der Waals surface area (Å²) in [6.45, 7) is 1.98. The normalized spacial score (nSPS) is 9.38. The number of nitrogens with zero attached hydrogens (tertiary/aromatic N) is 1. The monoisotopic (exact) mass is 283 g/mol. The van der Waals surface area contributed by atoms with Gasteiger partial charge in [-0.3, -0.25) is 0 Å². The van der Waals surface area contributed by atoms with Crippen molar-refractivity contribution in [1.29, 1.82) is 5.26 Å². The van der Waals surface area contributed by atoms with Crippen LogP contribution in [0.25, 0.3) is 0 Å². The lowest BCUT2D eigenvalue weighted by Gasteiger charge is -2.10. The summed E-state index contributed by atoms with van der Waals surface area (Å²) in [5, 5.41) is 8.85. The van der Waals surface area contributed by atoms with Crippen molar-refractivity contribution >= 4 is 21.9 Å². The van der Waals surface area contributed by atoms with Crippen LogP contribution in [0.15, 0.2) is 16.6 Å². The number of halogens is 1. The van der Waals surface area contributed by atoms with Crippen molar-refractivity contribution in [2.45, 2.75) is 6.92 Å². The highest BCUT2D eigenvalue weighted by Gasteiger charge is 2.19. The molecule has 0 radical (unpaired) electrons. The fraction of sp³-hybridized carbons (Fsp3) is 0.273. The summed E-state index contributed by atoms with van der Waals surface area (Å²) in [5.41, 5.74) is 0.604. The third-order valence-corrected chi connectivity index (χ3v) is 2.75. The van der Waals surface area contributed by atoms with Gasteiger partial charge in [-0.2, -0.15) is 5.26 Å². The number of carbonyl (C=O) groups is 1. The number of hydrogen-bond donors (Lipinski definition) is 0. The Labute approximate surface area is 102 Å². The van der Waals surface area contributed by atoms with Crippen LogP contribution < -0.4 is 4.74 Å². The molecule has 0 atom stereocenters. The lowest BCUT2D eigenvalue weighted by Crippen LogP contribution is -2.08. The van der Waals surface area contributed by atoms with E-state index in [0.717, 1.165) is 0 Å². The van der Waals surface area contributed by atoms with Crippen LogP contribution in [0, 0.1) is 11.3 Å². The summed E-state index contributed by atoms with van der Waals surface area (Å²) < 4.78 is 10.3. The SMILES string of the molecule is CCOC(=O)c1c(OC)ccc(C#N)c1Br. The largest absolute Gasteiger partial charge is 0.496 e. The molecular weight excluding hydrogens is 274 g/mol. The van der Waals surface area contributed by atoms with Crippen molar-refractivity contribution < 1.29 is 14.3 Å². The van der Waals surface area contributed by atoms with E-state index in [1.54, 1.807) is 19.1 Å². The number of benzene rings is 1. The maximum absolute atomic E-state index is 11.7. The Kier molecular flexibility index (Phi) is 4.32. The molecule has 1 aromatic carbocycles. The van der Waals surface area contributed by atoms with E-state index in [1.807, 2.05) is 6.07 Å². The highest BCUT2D eigenvalue weighted by atomic mass is 79.9. The number of ether oxygens (including phenoxy) is 2. The van der Waals surface area contributed by atoms with E-state index in [1.165, 1.54) is 7.11 Å². The van der Waals surface area contributed by atoms with E-state index >= 15 is 0 Å². The van der Waals surface area contributed by atoms with Crippen molar-refractivity contribution in [2.75, 3.05) is 13.7 Å². The first-order valence-corrected chi connectivity index (χ1v) is 5.38. The van der Waals surface area contributed by atoms with Gasteiger partial charge in [-0.05, 0) is 35.0 Å². The molecule has 0 N–H and O–H groups in total. The molecule has 84 valence electrons. The summed E-state index contributed by atoms with van der Waals surface area (Å²) in [4.78, 5) is 11.7. The van der Waals surface area contributed by atoms with Gasteiger partial charge < -0.3 is 9.47 Å². The zero-order chi connectivity index (χ0) is 12.1. The first-order valence-electron chi connectivity index (χ1n) is 4.59. The van der Waals surface area contributed by atoms with Gasteiger partial charge in [0.05, 0.1) is 23.8 Å². The average molecular weight is 284 g/mol. The van der Waals surface area contributed by atoms with Crippen LogP contribution in [0.1, 0.15) is 22.8 Å². The molecule has 0 amide bonds. The van der Waals surface area contributed by atoms with E-state index in [9.17, 15) is 4.79 Å². The summed E-state index contributed by atoms with van der Waals surface area (Å²) >= 11 is 3.20. The quantitative estimate of drug-likeness (QED) is 0.800. The Bertz CT molecular complexity index is 451. The molecule has 0 heterocycles. The third-order valence-electron chi connectivity index (χ3n) is 1.92. The number of carbonyl (C=O) groups excluding carboxylic acids is 1. The summed E-state index contributed by atoms with van der Waals surface area (Å²) in [6.07, 6.45) is 0. The minimum absolute atomic E-state index is 0.239. The minimum atomic E-state index is -0.511. The topological polar surface area (TPSA) is 59.3 Å². The van der Waals surface area contributed by atoms with Gasteiger partial charge in [0.25, 0.3) is 0 Å². The predicted octanol–water partition coefficient (Wildman–Crippen LogP) is 2.51. The smallest absolute Gasteiger partial charge is 0.343 e. The van der Waals surface area contributed by atoms with E-state index in [4.69, 9.17) is 14.7 Å². The summed E-state index contributed by atoms with van der Waals surface area (Å²) in [5.74, 6) is -0.132. The first kappa shape index (κ1) is 12.5. The van der Waals surface area contributed by atoms with Crippen molar-refractivity contribution in [3.8, 4) is 11.8 Å². The maximum Gasteiger partial charge on any atom is 0.343 e. The van der Waals surface area contributed by atoms with Crippen LogP contribution in [-0.2, 0) is 4.74 Å². The Hall–Kier alpha value is -1.54. The first-order chi connectivity index (χ1) is 7.65. The van der Waals surface area contributed by atoms with Gasteiger partial charge in [-0.15, -0.1) is 0 Å². The maximum atomic E-state index is 11.7. The highest BCUT2D eigenvalue weighted by Crippen LogP contribution is 2.30. The second kappa shape index (κ2) is 5.52. The van der Waals surface area contributed by atoms with Crippen LogP contribution in [0.5, 0.6) is 5.75 Å². The molecular formula is C11H10BrNO3. The van der Waals surface area contributed by atoms with Crippen molar-refractivity contribution in [3.05, 3.63) is 27.7 Å². The molecule has 0 unspecified atom stereocenters. The molecule has 16 heavy (non-hydrogen) atoms. The van der Waals surface area contributed by atoms with Crippen molar-refractivity contribution in [2.24, 2.45) is 0 Å². The highest BCUT2D eigenvalue weighted by molar-refractivity contribution is 9.10. The zero-order valence-electron chi connectivity index (χ0n) is 8.91. The van der Waals surface area contributed by atoms with Crippen molar-refractivity contribution in [1.82, 2.24) is 0 Å². The molecule has 0 aliphatic rings. The standard InChI is InChI=1S/C11H10BrNO3/c1-3-16-11(14)9-8(15-2)5-4-7(6-13)10(9)12/h4-5H,3H2,1-2H3. The molecule has 1 aromatic rings. The summed E-state index contributed by atoms with van der Waals surface area (Å²) in [7, 11) is 1.45. The molecule has 4 nitrogen and oxygen atoms in total. The molecule has 0 aliphatic heterocycles. The van der Waals surface area contributed by atoms with Crippen LogP contribution in [-0.4, -0.2) is 19.7 Å². The lowest BCUT2D eigenvalue weighted by molar-refractivity contribution is 0.0521. The summed E-state index contributed by atoms with van der Waals surface area (Å²) in [6, 6.07) is 5.11. The Morgan fingerprint density at radius 2 is 2.25 bits per heavy atom. The Balaban J connectivity index is 3.33. The molecule has 1 rings (SSSR count). The fourth-order valence-corrected chi connectivity index (χ4v) is 1.79. The van der Waals surface area contributed by atoms with E-state index in [-0.39, 0.29) is 12.2 Å². The van der Waals surface area contributed by atoms with E-state index in [0.29, 0.717) is 15.8 Å². The van der Waals surface area contributed by atoms with Gasteiger partial charge in [-0.1, -0.05) is 0 Å². The fourth-order valence-electron chi connectivity index (χ4n) is 1.21. The van der Waals surface area contributed by atoms with Gasteiger partial charge >= 0.3 is 5.97 Å². The number of hydrogen-bond acceptors (Lipinski definition) is 4. The molecule has 0 bridgehead atoms. The predicted molar refractivity (Wildman–Crippen MR) is 61.4 cm³/mol. The van der Waals surface area contributed by atoms with Crippen LogP contribution in [0.4, 0.5) is 0 Å². The second-order valence-corrected chi connectivity index (χ2v) is 3.63. The van der Waals surface area contributed by atoms with Crippen LogP contribution in [0.3, 0.4) is 0 Å². The van der Waals surface area contributed by atoms with Crippen LogP contribution in [0.2, 0.25) is 0 Å².